The number of halogens is 1. The number of H-pyrrole nitrogens is 1. The molecule has 1 aromatic heterocycles. The highest BCUT2D eigenvalue weighted by Gasteiger charge is 2.14. The van der Waals surface area contributed by atoms with E-state index in [0.717, 1.165) is 26.6 Å². The average Bonchev–Trinajstić information content (AvgIpc) is 3.04. The van der Waals surface area contributed by atoms with Crippen molar-refractivity contribution in [1.82, 2.24) is 9.97 Å². The number of benzene rings is 2. The second-order valence-corrected chi connectivity index (χ2v) is 7.33. The first-order valence-electron chi connectivity index (χ1n) is 8.54. The van der Waals surface area contributed by atoms with Crippen molar-refractivity contribution in [2.45, 2.75) is 26.9 Å². The number of aryl methyl sites for hydroxylation is 1. The number of imidazole rings is 1. The molecule has 0 fully saturated rings. The van der Waals surface area contributed by atoms with Gasteiger partial charge in [0.15, 0.2) is 11.5 Å². The zero-order valence-corrected chi connectivity index (χ0v) is 17.2. The fourth-order valence-corrected chi connectivity index (χ4v) is 3.30. The van der Waals surface area contributed by atoms with Crippen molar-refractivity contribution in [2.24, 2.45) is 0 Å². The maximum atomic E-state index is 9.64. The molecular formula is C21H20BrN3O2. The molecule has 0 bridgehead atoms. The molecule has 0 aliphatic heterocycles. The van der Waals surface area contributed by atoms with Gasteiger partial charge in [-0.1, -0.05) is 6.07 Å². The maximum Gasteiger partial charge on any atom is 0.175 e. The third-order valence-electron chi connectivity index (χ3n) is 3.93. The van der Waals surface area contributed by atoms with Crippen molar-refractivity contribution in [1.29, 1.82) is 5.26 Å². The molecule has 0 radical (unpaired) electrons. The Kier molecular flexibility index (Phi) is 5.52. The molecule has 5 nitrogen and oxygen atoms in total. The minimum Gasteiger partial charge on any atom is -0.493 e. The van der Waals surface area contributed by atoms with Crippen LogP contribution in [0.3, 0.4) is 0 Å². The smallest absolute Gasteiger partial charge is 0.175 e. The van der Waals surface area contributed by atoms with Crippen LogP contribution in [-0.2, 0) is 0 Å². The zero-order valence-electron chi connectivity index (χ0n) is 15.6. The number of rotatable bonds is 5. The van der Waals surface area contributed by atoms with Crippen LogP contribution in [0.25, 0.3) is 22.7 Å². The van der Waals surface area contributed by atoms with E-state index in [1.165, 1.54) is 0 Å². The SMILES string of the molecule is COc1cc(C=C(C#N)c2nc3ccc(C)cc3[nH]2)cc(Br)c1OC(C)C. The highest BCUT2D eigenvalue weighted by molar-refractivity contribution is 9.10. The van der Waals surface area contributed by atoms with Crippen LogP contribution < -0.4 is 9.47 Å². The molecule has 1 N–H and O–H groups in total. The van der Waals surface area contributed by atoms with Gasteiger partial charge in [0.05, 0.1) is 34.3 Å². The first-order chi connectivity index (χ1) is 12.9. The van der Waals surface area contributed by atoms with Crippen LogP contribution in [0.15, 0.2) is 34.8 Å². The molecule has 3 rings (SSSR count). The van der Waals surface area contributed by atoms with Gasteiger partial charge in [-0.3, -0.25) is 0 Å². The molecule has 0 aliphatic carbocycles. The molecule has 0 amide bonds. The van der Waals surface area contributed by atoms with Gasteiger partial charge in [0.2, 0.25) is 0 Å². The number of aromatic nitrogens is 2. The number of nitriles is 1. The lowest BCUT2D eigenvalue weighted by Crippen LogP contribution is -2.07. The van der Waals surface area contributed by atoms with E-state index in [2.05, 4.69) is 32.0 Å². The van der Waals surface area contributed by atoms with Crippen molar-refractivity contribution in [2.75, 3.05) is 7.11 Å². The van der Waals surface area contributed by atoms with Gasteiger partial charge >= 0.3 is 0 Å². The average molecular weight is 426 g/mol. The standard InChI is InChI=1S/C21H20BrN3O2/c1-12(2)27-20-16(22)9-14(10-19(20)26-4)8-15(11-23)21-24-17-6-5-13(3)7-18(17)25-21/h5-10,12H,1-4H3,(H,24,25). The second-order valence-electron chi connectivity index (χ2n) is 6.48. The lowest BCUT2D eigenvalue weighted by atomic mass is 10.1. The number of aromatic amines is 1. The molecule has 0 spiro atoms. The van der Waals surface area contributed by atoms with Crippen molar-refractivity contribution in [3.63, 3.8) is 0 Å². The Hall–Kier alpha value is -2.78. The highest BCUT2D eigenvalue weighted by Crippen LogP contribution is 2.38. The molecule has 1 heterocycles. The minimum atomic E-state index is 0.0188. The van der Waals surface area contributed by atoms with Crippen molar-refractivity contribution < 1.29 is 9.47 Å². The van der Waals surface area contributed by atoms with Crippen molar-refractivity contribution in [3.8, 4) is 17.6 Å². The summed E-state index contributed by atoms with van der Waals surface area (Å²) in [6.45, 7) is 5.93. The third kappa shape index (κ3) is 4.15. The van der Waals surface area contributed by atoms with Crippen LogP contribution >= 0.6 is 15.9 Å². The number of methoxy groups -OCH3 is 1. The summed E-state index contributed by atoms with van der Waals surface area (Å²) in [4.78, 5) is 7.75. The van der Waals surface area contributed by atoms with Gasteiger partial charge in [0.1, 0.15) is 11.9 Å². The van der Waals surface area contributed by atoms with Crippen molar-refractivity contribution >= 4 is 38.6 Å². The van der Waals surface area contributed by atoms with E-state index in [-0.39, 0.29) is 6.10 Å². The summed E-state index contributed by atoms with van der Waals surface area (Å²) in [5.74, 6) is 1.78. The quantitative estimate of drug-likeness (QED) is 0.548. The molecular weight excluding hydrogens is 406 g/mol. The van der Waals surface area contributed by atoms with E-state index in [9.17, 15) is 5.26 Å². The Balaban J connectivity index is 2.04. The van der Waals surface area contributed by atoms with Crippen LogP contribution in [0.4, 0.5) is 0 Å². The number of hydrogen-bond acceptors (Lipinski definition) is 4. The first-order valence-corrected chi connectivity index (χ1v) is 9.33. The molecule has 0 saturated carbocycles. The van der Waals surface area contributed by atoms with Gasteiger partial charge in [0.25, 0.3) is 0 Å². The van der Waals surface area contributed by atoms with Gasteiger partial charge in [-0.05, 0) is 78.2 Å². The summed E-state index contributed by atoms with van der Waals surface area (Å²) < 4.78 is 12.0. The van der Waals surface area contributed by atoms with E-state index in [0.29, 0.717) is 22.9 Å². The van der Waals surface area contributed by atoms with Gasteiger partial charge < -0.3 is 14.5 Å². The highest BCUT2D eigenvalue weighted by atomic mass is 79.9. The van der Waals surface area contributed by atoms with Crippen LogP contribution in [0.1, 0.15) is 30.8 Å². The lowest BCUT2D eigenvalue weighted by Gasteiger charge is -2.16. The zero-order chi connectivity index (χ0) is 19.6. The largest absolute Gasteiger partial charge is 0.493 e. The Bertz CT molecular complexity index is 1060. The van der Waals surface area contributed by atoms with Crippen LogP contribution in [-0.4, -0.2) is 23.2 Å². The summed E-state index contributed by atoms with van der Waals surface area (Å²) in [5, 5.41) is 9.64. The molecule has 138 valence electrons. The van der Waals surface area contributed by atoms with Gasteiger partial charge in [-0.2, -0.15) is 5.26 Å². The monoisotopic (exact) mass is 425 g/mol. The summed E-state index contributed by atoms with van der Waals surface area (Å²) in [6.07, 6.45) is 1.79. The van der Waals surface area contributed by atoms with Gasteiger partial charge in [0, 0.05) is 0 Å². The normalized spacial score (nSPS) is 11.7. The molecule has 6 heteroatoms. The number of nitrogens with zero attached hydrogens (tertiary/aromatic N) is 2. The molecule has 0 aliphatic rings. The lowest BCUT2D eigenvalue weighted by molar-refractivity contribution is 0.228. The molecule has 3 aromatic rings. The van der Waals surface area contributed by atoms with Crippen LogP contribution in [0.5, 0.6) is 11.5 Å². The Morgan fingerprint density at radius 2 is 2.07 bits per heavy atom. The predicted molar refractivity (Wildman–Crippen MR) is 111 cm³/mol. The summed E-state index contributed by atoms with van der Waals surface area (Å²) in [6, 6.07) is 11.9. The van der Waals surface area contributed by atoms with Crippen LogP contribution in [0.2, 0.25) is 0 Å². The molecule has 2 aromatic carbocycles. The Labute approximate surface area is 166 Å². The fourth-order valence-electron chi connectivity index (χ4n) is 2.74. The van der Waals surface area contributed by atoms with Gasteiger partial charge in [-0.25, -0.2) is 4.98 Å². The maximum absolute atomic E-state index is 9.64. The summed E-state index contributed by atoms with van der Waals surface area (Å²) in [7, 11) is 1.59. The molecule has 0 unspecified atom stereocenters. The molecule has 0 saturated heterocycles. The number of allylic oxidation sites excluding steroid dienone is 1. The number of nitrogens with one attached hydrogen (secondary N) is 1. The first kappa shape index (κ1) is 19.0. The van der Waals surface area contributed by atoms with E-state index >= 15 is 0 Å². The van der Waals surface area contributed by atoms with Crippen molar-refractivity contribution in [3.05, 3.63) is 51.8 Å². The molecule has 0 atom stereocenters. The molecule has 27 heavy (non-hydrogen) atoms. The second kappa shape index (κ2) is 7.85. The number of ether oxygens (including phenoxy) is 2. The summed E-state index contributed by atoms with van der Waals surface area (Å²) >= 11 is 3.53. The number of fused-ring (bicyclic) bond motifs is 1. The predicted octanol–water partition coefficient (Wildman–Crippen LogP) is 5.49. The summed E-state index contributed by atoms with van der Waals surface area (Å²) in [5.41, 5.74) is 4.12. The topological polar surface area (TPSA) is 70.9 Å². The Morgan fingerprint density at radius 1 is 1.30 bits per heavy atom. The van der Waals surface area contributed by atoms with E-state index in [1.54, 1.807) is 13.2 Å². The van der Waals surface area contributed by atoms with E-state index in [4.69, 9.17) is 9.47 Å². The fraction of sp³-hybridized carbons (Fsp3) is 0.238. The number of hydrogen-bond donors (Lipinski definition) is 1. The van der Waals surface area contributed by atoms with Gasteiger partial charge in [-0.15, -0.1) is 0 Å². The van der Waals surface area contributed by atoms with E-state index < -0.39 is 0 Å². The Morgan fingerprint density at radius 3 is 2.74 bits per heavy atom. The van der Waals surface area contributed by atoms with E-state index in [1.807, 2.05) is 51.1 Å². The van der Waals surface area contributed by atoms with Crippen LogP contribution in [0, 0.1) is 18.3 Å². The third-order valence-corrected chi connectivity index (χ3v) is 4.52. The minimum absolute atomic E-state index is 0.0188.